The number of nitrogens with zero attached hydrogens (tertiary/aromatic N) is 4. The van der Waals surface area contributed by atoms with Gasteiger partial charge in [-0.1, -0.05) is 18.5 Å². The van der Waals surface area contributed by atoms with Crippen LogP contribution in [0.3, 0.4) is 0 Å². The number of anilines is 1. The highest BCUT2D eigenvalue weighted by Gasteiger charge is 2.15. The Hall–Kier alpha value is -2.58. The molecule has 3 rings (SSSR count). The Morgan fingerprint density at radius 1 is 1.33 bits per heavy atom. The Labute approximate surface area is 167 Å². The van der Waals surface area contributed by atoms with Gasteiger partial charge in [-0.25, -0.2) is 9.36 Å². The molecule has 0 saturated carbocycles. The molecule has 0 aliphatic heterocycles. The molecule has 0 unspecified atom stereocenters. The summed E-state index contributed by atoms with van der Waals surface area (Å²) in [6.07, 6.45) is 5.44. The van der Waals surface area contributed by atoms with Crippen molar-refractivity contribution in [2.45, 2.75) is 26.3 Å². The second-order valence-corrected chi connectivity index (χ2v) is 6.68. The fourth-order valence-corrected chi connectivity index (χ4v) is 3.20. The van der Waals surface area contributed by atoms with Gasteiger partial charge in [-0.05, 0) is 49.0 Å². The van der Waals surface area contributed by atoms with E-state index in [9.17, 15) is 4.79 Å². The first kappa shape index (κ1) is 19.2. The number of ether oxygens (including phenoxy) is 1. The van der Waals surface area contributed by atoms with Crippen LogP contribution in [0.25, 0.3) is 0 Å². The average Bonchev–Trinajstić information content (AvgIpc) is 3.24. The topological polar surface area (TPSA) is 66.0 Å². The van der Waals surface area contributed by atoms with Gasteiger partial charge in [0, 0.05) is 23.8 Å². The van der Waals surface area contributed by atoms with Crippen molar-refractivity contribution in [2.75, 3.05) is 12.4 Å². The first-order valence-electron chi connectivity index (χ1n) is 8.49. The van der Waals surface area contributed by atoms with Crippen molar-refractivity contribution >= 4 is 35.4 Å². The summed E-state index contributed by atoms with van der Waals surface area (Å²) in [5, 5.41) is 7.84. The number of rotatable bonds is 7. The van der Waals surface area contributed by atoms with Crippen molar-refractivity contribution < 1.29 is 9.53 Å². The van der Waals surface area contributed by atoms with Crippen LogP contribution < -0.4 is 10.1 Å². The number of carbonyl (C=O) groups is 1. The molecule has 2 aromatic heterocycles. The zero-order valence-electron chi connectivity index (χ0n) is 15.1. The van der Waals surface area contributed by atoms with Gasteiger partial charge in [-0.3, -0.25) is 9.47 Å². The van der Waals surface area contributed by atoms with Gasteiger partial charge >= 0.3 is 0 Å². The summed E-state index contributed by atoms with van der Waals surface area (Å²) < 4.78 is 10.9. The summed E-state index contributed by atoms with van der Waals surface area (Å²) in [4.78, 5) is 12.5. The van der Waals surface area contributed by atoms with Crippen molar-refractivity contribution in [2.24, 2.45) is 0 Å². The van der Waals surface area contributed by atoms with Gasteiger partial charge in [0.15, 0.2) is 5.82 Å². The number of hydrogen-bond donors (Lipinski definition) is 1. The minimum absolute atomic E-state index is 0.0144. The highest BCUT2D eigenvalue weighted by molar-refractivity contribution is 7.71. The number of benzene rings is 1. The van der Waals surface area contributed by atoms with Crippen molar-refractivity contribution in [1.29, 1.82) is 0 Å². The Balaban J connectivity index is 1.86. The van der Waals surface area contributed by atoms with E-state index in [1.54, 1.807) is 18.2 Å². The van der Waals surface area contributed by atoms with Crippen molar-refractivity contribution in [1.82, 2.24) is 19.1 Å². The van der Waals surface area contributed by atoms with E-state index in [0.717, 1.165) is 18.7 Å². The highest BCUT2D eigenvalue weighted by Crippen LogP contribution is 2.27. The molecular formula is C18H20ClN5O2S. The number of amides is 1. The molecule has 0 aliphatic rings. The summed E-state index contributed by atoms with van der Waals surface area (Å²) in [6, 6.07) is 8.85. The van der Waals surface area contributed by atoms with Gasteiger partial charge in [-0.15, -0.1) is 0 Å². The number of carbonyl (C=O) groups excluding carboxylic acids is 1. The van der Waals surface area contributed by atoms with Gasteiger partial charge in [-0.2, -0.15) is 5.10 Å². The van der Waals surface area contributed by atoms with Crippen LogP contribution in [0.2, 0.25) is 5.02 Å². The van der Waals surface area contributed by atoms with Crippen LogP contribution in [-0.4, -0.2) is 32.1 Å². The van der Waals surface area contributed by atoms with Crippen LogP contribution in [0.5, 0.6) is 5.75 Å². The van der Waals surface area contributed by atoms with E-state index in [2.05, 4.69) is 17.3 Å². The van der Waals surface area contributed by atoms with Crippen LogP contribution in [0.1, 0.15) is 19.2 Å². The molecule has 27 heavy (non-hydrogen) atoms. The number of hydrogen-bond acceptors (Lipinski definition) is 4. The fourth-order valence-electron chi connectivity index (χ4n) is 2.72. The third kappa shape index (κ3) is 4.23. The maximum absolute atomic E-state index is 12.5. The summed E-state index contributed by atoms with van der Waals surface area (Å²) >= 11 is 11.6. The van der Waals surface area contributed by atoms with E-state index in [1.165, 1.54) is 11.8 Å². The van der Waals surface area contributed by atoms with Crippen molar-refractivity contribution in [3.63, 3.8) is 0 Å². The number of aryl methyl sites for hydroxylation is 1. The summed E-state index contributed by atoms with van der Waals surface area (Å²) in [5.41, 5.74) is 0.500. The molecule has 1 aromatic carbocycles. The lowest BCUT2D eigenvalue weighted by Gasteiger charge is -2.10. The highest BCUT2D eigenvalue weighted by atomic mass is 35.5. The molecule has 2 heterocycles. The monoisotopic (exact) mass is 405 g/mol. The van der Waals surface area contributed by atoms with Crippen LogP contribution in [0.4, 0.5) is 5.69 Å². The SMILES string of the molecule is CCCc1nn(CC(=O)Nc2cc(Cl)ccc2OC)c(=S)n1-n1cccc1. The molecule has 0 saturated heterocycles. The van der Waals surface area contributed by atoms with Crippen LogP contribution in [0.15, 0.2) is 42.7 Å². The molecule has 0 fully saturated rings. The van der Waals surface area contributed by atoms with E-state index in [0.29, 0.717) is 21.2 Å². The quantitative estimate of drug-likeness (QED) is 0.607. The molecule has 7 nitrogen and oxygen atoms in total. The third-order valence-electron chi connectivity index (χ3n) is 3.90. The molecule has 142 valence electrons. The van der Waals surface area contributed by atoms with Crippen molar-refractivity contribution in [3.05, 3.63) is 58.3 Å². The molecule has 0 atom stereocenters. The Bertz CT molecular complexity index is 994. The summed E-state index contributed by atoms with van der Waals surface area (Å²) in [6.45, 7) is 2.06. The number of methoxy groups -OCH3 is 1. The lowest BCUT2D eigenvalue weighted by atomic mass is 10.3. The molecule has 0 radical (unpaired) electrons. The second-order valence-electron chi connectivity index (χ2n) is 5.87. The zero-order chi connectivity index (χ0) is 19.4. The van der Waals surface area contributed by atoms with E-state index in [1.807, 2.05) is 33.9 Å². The summed E-state index contributed by atoms with van der Waals surface area (Å²) in [7, 11) is 1.53. The standard InChI is InChI=1S/C18H20ClN5O2S/c1-3-6-16-21-23(18(27)24(16)22-9-4-5-10-22)12-17(25)20-14-11-13(19)7-8-15(14)26-2/h4-5,7-11H,3,6,12H2,1-2H3,(H,20,25). The maximum atomic E-state index is 12.5. The number of halogens is 1. The minimum Gasteiger partial charge on any atom is -0.495 e. The van der Waals surface area contributed by atoms with Gasteiger partial charge in [0.2, 0.25) is 10.7 Å². The molecule has 3 aromatic rings. The van der Waals surface area contributed by atoms with E-state index < -0.39 is 0 Å². The number of aromatic nitrogens is 4. The van der Waals surface area contributed by atoms with Gasteiger partial charge in [0.05, 0.1) is 12.8 Å². The Kier molecular flexibility index (Phi) is 5.98. The van der Waals surface area contributed by atoms with Crippen molar-refractivity contribution in [3.8, 4) is 5.75 Å². The predicted octanol–water partition coefficient (Wildman–Crippen LogP) is 3.78. The lowest BCUT2D eigenvalue weighted by molar-refractivity contribution is -0.116. The smallest absolute Gasteiger partial charge is 0.246 e. The van der Waals surface area contributed by atoms with Crippen LogP contribution in [0, 0.1) is 4.77 Å². The van der Waals surface area contributed by atoms with Gasteiger partial charge in [0.1, 0.15) is 12.3 Å². The van der Waals surface area contributed by atoms with E-state index >= 15 is 0 Å². The van der Waals surface area contributed by atoms with Crippen LogP contribution in [-0.2, 0) is 17.8 Å². The fraction of sp³-hybridized carbons (Fsp3) is 0.278. The predicted molar refractivity (Wildman–Crippen MR) is 107 cm³/mol. The zero-order valence-corrected chi connectivity index (χ0v) is 16.6. The molecule has 0 spiro atoms. The van der Waals surface area contributed by atoms with Gasteiger partial charge in [0.25, 0.3) is 0 Å². The number of nitrogens with one attached hydrogen (secondary N) is 1. The maximum Gasteiger partial charge on any atom is 0.246 e. The lowest BCUT2D eigenvalue weighted by Crippen LogP contribution is -2.20. The third-order valence-corrected chi connectivity index (χ3v) is 4.52. The Morgan fingerprint density at radius 3 is 2.74 bits per heavy atom. The average molecular weight is 406 g/mol. The molecular weight excluding hydrogens is 386 g/mol. The Morgan fingerprint density at radius 2 is 2.07 bits per heavy atom. The van der Waals surface area contributed by atoms with E-state index in [-0.39, 0.29) is 12.5 Å². The second kappa shape index (κ2) is 8.41. The molecule has 0 aliphatic carbocycles. The first-order valence-corrected chi connectivity index (χ1v) is 9.28. The van der Waals surface area contributed by atoms with Crippen LogP contribution >= 0.6 is 23.8 Å². The molecule has 1 amide bonds. The van der Waals surface area contributed by atoms with Gasteiger partial charge < -0.3 is 10.1 Å². The molecule has 9 heteroatoms. The normalized spacial score (nSPS) is 10.8. The summed E-state index contributed by atoms with van der Waals surface area (Å²) in [5.74, 6) is 1.06. The van der Waals surface area contributed by atoms with E-state index in [4.69, 9.17) is 28.6 Å². The minimum atomic E-state index is -0.271. The first-order chi connectivity index (χ1) is 13.0. The largest absolute Gasteiger partial charge is 0.495 e. The molecule has 0 bridgehead atoms. The molecule has 1 N–H and O–H groups in total.